The zero-order chi connectivity index (χ0) is 13.2. The van der Waals surface area contributed by atoms with Crippen molar-refractivity contribution in [2.45, 2.75) is 57.0 Å². The summed E-state index contributed by atoms with van der Waals surface area (Å²) in [4.78, 5) is 25.3. The molecule has 18 heavy (non-hydrogen) atoms. The van der Waals surface area contributed by atoms with Crippen LogP contribution < -0.4 is 5.32 Å². The van der Waals surface area contributed by atoms with Crippen molar-refractivity contribution >= 4 is 11.9 Å². The largest absolute Gasteiger partial charge is 0.481 e. The zero-order valence-corrected chi connectivity index (χ0v) is 10.9. The van der Waals surface area contributed by atoms with Gasteiger partial charge in [0, 0.05) is 12.6 Å². The maximum absolute atomic E-state index is 12.7. The van der Waals surface area contributed by atoms with E-state index in [1.54, 1.807) is 4.90 Å². The van der Waals surface area contributed by atoms with Gasteiger partial charge in [-0.1, -0.05) is 6.92 Å². The zero-order valence-electron chi connectivity index (χ0n) is 10.9. The van der Waals surface area contributed by atoms with Gasteiger partial charge in [0.1, 0.15) is 0 Å². The second-order valence-electron chi connectivity index (χ2n) is 5.36. The summed E-state index contributed by atoms with van der Waals surface area (Å²) in [5.74, 6) is -0.698. The molecule has 2 atom stereocenters. The summed E-state index contributed by atoms with van der Waals surface area (Å²) in [6.07, 6.45) is 4.49. The maximum Gasteiger partial charge on any atom is 0.305 e. The Bertz CT molecular complexity index is 337. The van der Waals surface area contributed by atoms with Gasteiger partial charge in [-0.3, -0.25) is 9.59 Å². The molecule has 2 aliphatic rings. The SMILES string of the molecule is CCC1(C(=O)N2CCCC2CC(=O)O)CCCN1. The van der Waals surface area contributed by atoms with E-state index in [1.165, 1.54) is 0 Å². The van der Waals surface area contributed by atoms with Crippen molar-refractivity contribution in [3.8, 4) is 0 Å². The van der Waals surface area contributed by atoms with Crippen LogP contribution >= 0.6 is 0 Å². The lowest BCUT2D eigenvalue weighted by Crippen LogP contribution is -2.55. The van der Waals surface area contributed by atoms with Gasteiger partial charge in [0.05, 0.1) is 12.0 Å². The topological polar surface area (TPSA) is 69.6 Å². The standard InChI is InChI=1S/C13H22N2O3/c1-2-13(6-4-7-14-13)12(18)15-8-3-5-10(15)9-11(16)17/h10,14H,2-9H2,1H3,(H,16,17). The van der Waals surface area contributed by atoms with Crippen LogP contribution in [0.15, 0.2) is 0 Å². The molecule has 2 heterocycles. The Morgan fingerprint density at radius 3 is 2.78 bits per heavy atom. The molecule has 1 amide bonds. The molecule has 0 aromatic rings. The van der Waals surface area contributed by atoms with Gasteiger partial charge in [-0.2, -0.15) is 0 Å². The average molecular weight is 254 g/mol. The highest BCUT2D eigenvalue weighted by atomic mass is 16.4. The van der Waals surface area contributed by atoms with Crippen LogP contribution in [-0.4, -0.2) is 46.6 Å². The third kappa shape index (κ3) is 2.36. The first-order chi connectivity index (χ1) is 8.59. The summed E-state index contributed by atoms with van der Waals surface area (Å²) in [5.41, 5.74) is -0.429. The van der Waals surface area contributed by atoms with Crippen LogP contribution in [0.5, 0.6) is 0 Å². The van der Waals surface area contributed by atoms with Crippen LogP contribution in [0.1, 0.15) is 45.4 Å². The molecule has 2 fully saturated rings. The first kappa shape index (κ1) is 13.3. The summed E-state index contributed by atoms with van der Waals surface area (Å²) >= 11 is 0. The number of amides is 1. The predicted octanol–water partition coefficient (Wildman–Crippen LogP) is 0.984. The van der Waals surface area contributed by atoms with Crippen molar-refractivity contribution in [3.05, 3.63) is 0 Å². The highest BCUT2D eigenvalue weighted by molar-refractivity contribution is 5.87. The smallest absolute Gasteiger partial charge is 0.305 e. The van der Waals surface area contributed by atoms with Gasteiger partial charge in [0.2, 0.25) is 5.91 Å². The fraction of sp³-hybridized carbons (Fsp3) is 0.846. The Hall–Kier alpha value is -1.10. The quantitative estimate of drug-likeness (QED) is 0.785. The van der Waals surface area contributed by atoms with E-state index in [1.807, 2.05) is 6.92 Å². The van der Waals surface area contributed by atoms with Crippen LogP contribution in [0.3, 0.4) is 0 Å². The number of likely N-dealkylation sites (tertiary alicyclic amines) is 1. The van der Waals surface area contributed by atoms with Crippen molar-refractivity contribution in [1.82, 2.24) is 10.2 Å². The van der Waals surface area contributed by atoms with Gasteiger partial charge in [-0.05, 0) is 38.6 Å². The predicted molar refractivity (Wildman–Crippen MR) is 67.2 cm³/mol. The third-order valence-corrected chi connectivity index (χ3v) is 4.30. The van der Waals surface area contributed by atoms with E-state index in [0.29, 0.717) is 6.54 Å². The number of nitrogens with one attached hydrogen (secondary N) is 1. The Morgan fingerprint density at radius 1 is 1.44 bits per heavy atom. The molecule has 5 nitrogen and oxygen atoms in total. The summed E-state index contributed by atoms with van der Waals surface area (Å²) in [6, 6.07) is -0.110. The van der Waals surface area contributed by atoms with Gasteiger partial charge >= 0.3 is 5.97 Å². The monoisotopic (exact) mass is 254 g/mol. The van der Waals surface area contributed by atoms with E-state index in [-0.39, 0.29) is 18.4 Å². The number of aliphatic carboxylic acids is 1. The van der Waals surface area contributed by atoms with E-state index in [2.05, 4.69) is 5.32 Å². The lowest BCUT2D eigenvalue weighted by atomic mass is 9.92. The lowest BCUT2D eigenvalue weighted by Gasteiger charge is -2.34. The number of carboxylic acids is 1. The molecule has 2 N–H and O–H groups in total. The van der Waals surface area contributed by atoms with E-state index in [4.69, 9.17) is 5.11 Å². The van der Waals surface area contributed by atoms with Gasteiger partial charge in [-0.25, -0.2) is 0 Å². The van der Waals surface area contributed by atoms with E-state index in [0.717, 1.165) is 38.6 Å². The first-order valence-electron chi connectivity index (χ1n) is 6.87. The molecule has 2 rings (SSSR count). The molecule has 5 heteroatoms. The molecular weight excluding hydrogens is 232 g/mol. The molecule has 0 aromatic carbocycles. The summed E-state index contributed by atoms with van der Waals surface area (Å²) in [6.45, 7) is 3.62. The number of hydrogen-bond acceptors (Lipinski definition) is 3. The molecule has 0 bridgehead atoms. The molecule has 0 radical (unpaired) electrons. The van der Waals surface area contributed by atoms with E-state index >= 15 is 0 Å². The minimum atomic E-state index is -0.815. The van der Waals surface area contributed by atoms with Gasteiger partial charge in [0.15, 0.2) is 0 Å². The maximum atomic E-state index is 12.7. The van der Waals surface area contributed by atoms with Crippen LogP contribution in [0, 0.1) is 0 Å². The van der Waals surface area contributed by atoms with Gasteiger partial charge < -0.3 is 15.3 Å². The van der Waals surface area contributed by atoms with Crippen molar-refractivity contribution in [2.24, 2.45) is 0 Å². The fourth-order valence-corrected chi connectivity index (χ4v) is 3.23. The molecule has 2 unspecified atom stereocenters. The third-order valence-electron chi connectivity index (χ3n) is 4.30. The first-order valence-corrected chi connectivity index (χ1v) is 6.87. The minimum Gasteiger partial charge on any atom is -0.481 e. The molecule has 2 saturated heterocycles. The fourth-order valence-electron chi connectivity index (χ4n) is 3.23. The highest BCUT2D eigenvalue weighted by Crippen LogP contribution is 2.30. The average Bonchev–Trinajstić information content (AvgIpc) is 2.96. The Morgan fingerprint density at radius 2 is 2.22 bits per heavy atom. The number of carbonyl (C=O) groups excluding carboxylic acids is 1. The Balaban J connectivity index is 2.09. The van der Waals surface area contributed by atoms with Crippen LogP contribution in [0.25, 0.3) is 0 Å². The molecule has 0 aliphatic carbocycles. The molecular formula is C13H22N2O3. The molecule has 102 valence electrons. The number of carboxylic acid groups (broad SMARTS) is 1. The number of hydrogen-bond donors (Lipinski definition) is 2. The number of nitrogens with zero attached hydrogens (tertiary/aromatic N) is 1. The van der Waals surface area contributed by atoms with Crippen molar-refractivity contribution in [3.63, 3.8) is 0 Å². The highest BCUT2D eigenvalue weighted by Gasteiger charge is 2.44. The second-order valence-corrected chi connectivity index (χ2v) is 5.36. The van der Waals surface area contributed by atoms with Gasteiger partial charge in [0.25, 0.3) is 0 Å². The van der Waals surface area contributed by atoms with Crippen molar-refractivity contribution < 1.29 is 14.7 Å². The van der Waals surface area contributed by atoms with Crippen LogP contribution in [-0.2, 0) is 9.59 Å². The van der Waals surface area contributed by atoms with Crippen molar-refractivity contribution in [2.75, 3.05) is 13.1 Å². The lowest BCUT2D eigenvalue weighted by molar-refractivity contribution is -0.142. The summed E-state index contributed by atoms with van der Waals surface area (Å²) < 4.78 is 0. The second kappa shape index (κ2) is 5.26. The van der Waals surface area contributed by atoms with E-state index in [9.17, 15) is 9.59 Å². The summed E-state index contributed by atoms with van der Waals surface area (Å²) in [5, 5.41) is 12.2. The van der Waals surface area contributed by atoms with E-state index < -0.39 is 11.5 Å². The Labute approximate surface area is 108 Å². The van der Waals surface area contributed by atoms with Crippen LogP contribution in [0.4, 0.5) is 0 Å². The van der Waals surface area contributed by atoms with Gasteiger partial charge in [-0.15, -0.1) is 0 Å². The molecule has 0 aromatic heterocycles. The molecule has 0 saturated carbocycles. The number of rotatable bonds is 4. The van der Waals surface area contributed by atoms with Crippen LogP contribution in [0.2, 0.25) is 0 Å². The molecule has 0 spiro atoms. The minimum absolute atomic E-state index is 0.0749. The Kier molecular flexibility index (Phi) is 3.90. The van der Waals surface area contributed by atoms with Crippen molar-refractivity contribution in [1.29, 1.82) is 0 Å². The number of carbonyl (C=O) groups is 2. The normalized spacial score (nSPS) is 31.8. The summed E-state index contributed by atoms with van der Waals surface area (Å²) in [7, 11) is 0. The molecule has 2 aliphatic heterocycles.